The fourth-order valence-electron chi connectivity index (χ4n) is 2.51. The molecule has 0 bridgehead atoms. The molecule has 5 heteroatoms. The standard InChI is InChI=1S/C15H21F2NOS/c1-11(18-10-15(20-2)8-5-9-15)12-6-3-4-7-13(12)19-14(16)17/h3-4,6-7,11,14,18H,5,8-10H2,1-2H3. The predicted octanol–water partition coefficient (Wildman–Crippen LogP) is 4.22. The van der Waals surface area contributed by atoms with E-state index >= 15 is 0 Å². The summed E-state index contributed by atoms with van der Waals surface area (Å²) in [6.07, 6.45) is 5.87. The second kappa shape index (κ2) is 6.76. The van der Waals surface area contributed by atoms with Gasteiger partial charge in [-0.3, -0.25) is 0 Å². The van der Waals surface area contributed by atoms with Gasteiger partial charge in [-0.2, -0.15) is 20.5 Å². The van der Waals surface area contributed by atoms with Crippen LogP contribution in [0.4, 0.5) is 8.78 Å². The minimum absolute atomic E-state index is 0.00502. The van der Waals surface area contributed by atoms with E-state index in [1.54, 1.807) is 12.1 Å². The number of hydrogen-bond donors (Lipinski definition) is 1. The molecule has 1 aromatic rings. The third-order valence-corrected chi connectivity index (χ3v) is 5.45. The van der Waals surface area contributed by atoms with Crippen LogP contribution in [0.3, 0.4) is 0 Å². The van der Waals surface area contributed by atoms with Gasteiger partial charge in [0.2, 0.25) is 0 Å². The average molecular weight is 301 g/mol. The number of rotatable bonds is 7. The Morgan fingerprint density at radius 3 is 2.60 bits per heavy atom. The third kappa shape index (κ3) is 3.64. The molecule has 2 nitrogen and oxygen atoms in total. The molecule has 1 aliphatic rings. The van der Waals surface area contributed by atoms with E-state index in [0.717, 1.165) is 12.1 Å². The summed E-state index contributed by atoms with van der Waals surface area (Å²) in [4.78, 5) is 0. The maximum atomic E-state index is 12.4. The summed E-state index contributed by atoms with van der Waals surface area (Å²) in [5.41, 5.74) is 0.781. The Morgan fingerprint density at radius 2 is 2.05 bits per heavy atom. The van der Waals surface area contributed by atoms with Gasteiger partial charge in [0.15, 0.2) is 0 Å². The first-order valence-corrected chi connectivity index (χ1v) is 8.11. The predicted molar refractivity (Wildman–Crippen MR) is 79.6 cm³/mol. The Kier molecular flexibility index (Phi) is 5.27. The molecule has 0 spiro atoms. The first kappa shape index (κ1) is 15.6. The summed E-state index contributed by atoms with van der Waals surface area (Å²) in [5.74, 6) is 0.259. The highest BCUT2D eigenvalue weighted by Crippen LogP contribution is 2.42. The van der Waals surface area contributed by atoms with Gasteiger partial charge < -0.3 is 10.1 Å². The van der Waals surface area contributed by atoms with E-state index in [4.69, 9.17) is 0 Å². The first-order valence-electron chi connectivity index (χ1n) is 6.88. The molecule has 0 heterocycles. The van der Waals surface area contributed by atoms with Crippen LogP contribution in [0.15, 0.2) is 24.3 Å². The Hall–Kier alpha value is -0.810. The molecule has 0 aliphatic heterocycles. The number of thioether (sulfide) groups is 1. The van der Waals surface area contributed by atoms with Gasteiger partial charge in [0.1, 0.15) is 5.75 Å². The normalized spacial score (nSPS) is 18.6. The Bertz CT molecular complexity index is 432. The summed E-state index contributed by atoms with van der Waals surface area (Å²) >= 11 is 1.90. The molecule has 0 radical (unpaired) electrons. The van der Waals surface area contributed by atoms with Crippen molar-refractivity contribution in [2.45, 2.75) is 43.6 Å². The number of halogens is 2. The minimum atomic E-state index is -2.78. The van der Waals surface area contributed by atoms with Crippen molar-refractivity contribution in [2.24, 2.45) is 0 Å². The van der Waals surface area contributed by atoms with Crippen LogP contribution in [0, 0.1) is 0 Å². The smallest absolute Gasteiger partial charge is 0.387 e. The largest absolute Gasteiger partial charge is 0.434 e. The Morgan fingerprint density at radius 1 is 1.35 bits per heavy atom. The van der Waals surface area contributed by atoms with Crippen LogP contribution in [-0.2, 0) is 0 Å². The number of benzene rings is 1. The molecule has 2 rings (SSSR count). The average Bonchev–Trinajstić information content (AvgIpc) is 2.37. The highest BCUT2D eigenvalue weighted by Gasteiger charge is 2.36. The van der Waals surface area contributed by atoms with Crippen LogP contribution in [0.5, 0.6) is 5.75 Å². The highest BCUT2D eigenvalue weighted by molar-refractivity contribution is 8.00. The van der Waals surface area contributed by atoms with Crippen LogP contribution in [-0.4, -0.2) is 24.2 Å². The maximum Gasteiger partial charge on any atom is 0.387 e. The molecule has 0 amide bonds. The second-order valence-electron chi connectivity index (χ2n) is 5.26. The molecule has 1 unspecified atom stereocenters. The molecule has 1 atom stereocenters. The molecule has 112 valence electrons. The lowest BCUT2D eigenvalue weighted by Gasteiger charge is -2.41. The van der Waals surface area contributed by atoms with Crippen LogP contribution in [0.25, 0.3) is 0 Å². The lowest BCUT2D eigenvalue weighted by Crippen LogP contribution is -2.44. The molecule has 1 fully saturated rings. The van der Waals surface area contributed by atoms with Crippen molar-refractivity contribution >= 4 is 11.8 Å². The van der Waals surface area contributed by atoms with Gasteiger partial charge in [0.05, 0.1) is 0 Å². The summed E-state index contributed by atoms with van der Waals surface area (Å²) < 4.78 is 29.7. The second-order valence-corrected chi connectivity index (χ2v) is 6.53. The number of para-hydroxylation sites is 1. The van der Waals surface area contributed by atoms with E-state index in [-0.39, 0.29) is 11.8 Å². The lowest BCUT2D eigenvalue weighted by atomic mass is 9.84. The topological polar surface area (TPSA) is 21.3 Å². The van der Waals surface area contributed by atoms with Crippen molar-refractivity contribution in [1.29, 1.82) is 0 Å². The molecule has 0 aromatic heterocycles. The number of ether oxygens (including phenoxy) is 1. The molecular weight excluding hydrogens is 280 g/mol. The fourth-order valence-corrected chi connectivity index (χ4v) is 3.44. The number of alkyl halides is 2. The van der Waals surface area contributed by atoms with E-state index in [1.165, 1.54) is 19.3 Å². The maximum absolute atomic E-state index is 12.4. The highest BCUT2D eigenvalue weighted by atomic mass is 32.2. The molecule has 1 aromatic carbocycles. The zero-order valence-electron chi connectivity index (χ0n) is 11.9. The van der Waals surface area contributed by atoms with Gasteiger partial charge in [-0.05, 0) is 32.1 Å². The van der Waals surface area contributed by atoms with Gasteiger partial charge in [-0.15, -0.1) is 0 Å². The molecular formula is C15H21F2NOS. The Labute approximate surface area is 123 Å². The summed E-state index contributed by atoms with van der Waals surface area (Å²) in [7, 11) is 0. The Balaban J connectivity index is 1.99. The third-order valence-electron chi connectivity index (χ3n) is 4.03. The van der Waals surface area contributed by atoms with Gasteiger partial charge in [0.25, 0.3) is 0 Å². The van der Waals surface area contributed by atoms with Crippen molar-refractivity contribution in [1.82, 2.24) is 5.32 Å². The van der Waals surface area contributed by atoms with Gasteiger partial charge >= 0.3 is 6.61 Å². The van der Waals surface area contributed by atoms with Crippen molar-refractivity contribution in [2.75, 3.05) is 12.8 Å². The van der Waals surface area contributed by atoms with E-state index in [2.05, 4.69) is 16.3 Å². The molecule has 20 heavy (non-hydrogen) atoms. The van der Waals surface area contributed by atoms with Crippen LogP contribution in [0.2, 0.25) is 0 Å². The molecule has 0 saturated heterocycles. The van der Waals surface area contributed by atoms with Crippen LogP contribution < -0.4 is 10.1 Å². The van der Waals surface area contributed by atoms with Crippen molar-refractivity contribution in [3.63, 3.8) is 0 Å². The quantitative estimate of drug-likeness (QED) is 0.814. The minimum Gasteiger partial charge on any atom is -0.434 e. The summed E-state index contributed by atoms with van der Waals surface area (Å²) in [6.45, 7) is 0.103. The fraction of sp³-hybridized carbons (Fsp3) is 0.600. The van der Waals surface area contributed by atoms with Crippen molar-refractivity contribution < 1.29 is 13.5 Å². The van der Waals surface area contributed by atoms with E-state index in [9.17, 15) is 8.78 Å². The van der Waals surface area contributed by atoms with E-state index < -0.39 is 6.61 Å². The van der Waals surface area contributed by atoms with Gasteiger partial charge in [0, 0.05) is 22.9 Å². The van der Waals surface area contributed by atoms with Crippen LogP contribution in [0.1, 0.15) is 37.8 Å². The van der Waals surface area contributed by atoms with Gasteiger partial charge in [-0.1, -0.05) is 24.6 Å². The van der Waals surface area contributed by atoms with Crippen molar-refractivity contribution in [3.05, 3.63) is 29.8 Å². The van der Waals surface area contributed by atoms with Crippen LogP contribution >= 0.6 is 11.8 Å². The lowest BCUT2D eigenvalue weighted by molar-refractivity contribution is -0.0506. The number of hydrogen-bond acceptors (Lipinski definition) is 3. The molecule has 1 aliphatic carbocycles. The molecule has 1 N–H and O–H groups in total. The van der Waals surface area contributed by atoms with E-state index in [1.807, 2.05) is 30.8 Å². The summed E-state index contributed by atoms with van der Waals surface area (Å²) in [5, 5.41) is 3.46. The SMILES string of the molecule is CSC1(CNC(C)c2ccccc2OC(F)F)CCC1. The van der Waals surface area contributed by atoms with Crippen molar-refractivity contribution in [3.8, 4) is 5.75 Å². The summed E-state index contributed by atoms with van der Waals surface area (Å²) in [6, 6.07) is 6.98. The zero-order valence-corrected chi connectivity index (χ0v) is 12.7. The first-order chi connectivity index (χ1) is 9.56. The van der Waals surface area contributed by atoms with Gasteiger partial charge in [-0.25, -0.2) is 0 Å². The zero-order chi connectivity index (χ0) is 14.6. The monoisotopic (exact) mass is 301 g/mol. The molecule has 1 saturated carbocycles. The van der Waals surface area contributed by atoms with E-state index in [0.29, 0.717) is 4.75 Å². The number of nitrogens with one attached hydrogen (secondary N) is 1.